The Balaban J connectivity index is 2.23. The van der Waals surface area contributed by atoms with E-state index in [4.69, 9.17) is 0 Å². The van der Waals surface area contributed by atoms with Gasteiger partial charge in [-0.05, 0) is 49.7 Å². The van der Waals surface area contributed by atoms with E-state index in [9.17, 15) is 19.8 Å². The second kappa shape index (κ2) is 8.12. The van der Waals surface area contributed by atoms with E-state index in [1.165, 1.54) is 6.07 Å². The SMILES string of the molecule is CC(C=C[C@@]1(C)[C@H](C)CCC(=O)[C@@H]1C)=CCc1c(O)cc(C)c(C=O)c1O. The molecule has 4 heteroatoms. The summed E-state index contributed by atoms with van der Waals surface area (Å²) in [6.45, 7) is 9.95. The summed E-state index contributed by atoms with van der Waals surface area (Å²) in [4.78, 5) is 23.3. The van der Waals surface area contributed by atoms with Crippen LogP contribution in [0.5, 0.6) is 11.5 Å². The lowest BCUT2D eigenvalue weighted by molar-refractivity contribution is -0.129. The molecule has 1 fully saturated rings. The van der Waals surface area contributed by atoms with Crippen molar-refractivity contribution in [3.05, 3.63) is 46.6 Å². The van der Waals surface area contributed by atoms with Gasteiger partial charge < -0.3 is 10.2 Å². The Morgan fingerprint density at radius 3 is 2.63 bits per heavy atom. The number of carbonyl (C=O) groups is 2. The number of rotatable bonds is 5. The second-order valence-corrected chi connectivity index (χ2v) is 8.05. The van der Waals surface area contributed by atoms with Crippen LogP contribution in [0.2, 0.25) is 0 Å². The van der Waals surface area contributed by atoms with Crippen molar-refractivity contribution in [2.24, 2.45) is 17.3 Å². The first-order valence-electron chi connectivity index (χ1n) is 9.50. The number of aldehydes is 1. The highest BCUT2D eigenvalue weighted by atomic mass is 16.3. The zero-order chi connectivity index (χ0) is 20.4. The molecule has 0 amide bonds. The first kappa shape index (κ1) is 20.9. The third-order valence-corrected chi connectivity index (χ3v) is 6.38. The molecule has 1 aromatic rings. The van der Waals surface area contributed by atoms with Crippen LogP contribution >= 0.6 is 0 Å². The highest BCUT2D eigenvalue weighted by Crippen LogP contribution is 2.44. The third-order valence-electron chi connectivity index (χ3n) is 6.38. The van der Waals surface area contributed by atoms with Gasteiger partial charge in [-0.2, -0.15) is 0 Å². The fourth-order valence-corrected chi connectivity index (χ4v) is 3.80. The average molecular weight is 370 g/mol. The van der Waals surface area contributed by atoms with Gasteiger partial charge in [0.1, 0.15) is 17.3 Å². The Kier molecular flexibility index (Phi) is 6.30. The summed E-state index contributed by atoms with van der Waals surface area (Å²) < 4.78 is 0. The largest absolute Gasteiger partial charge is 0.508 e. The van der Waals surface area contributed by atoms with Crippen LogP contribution in [0.3, 0.4) is 0 Å². The molecule has 0 saturated heterocycles. The Morgan fingerprint density at radius 1 is 1.33 bits per heavy atom. The topological polar surface area (TPSA) is 74.6 Å². The molecule has 1 aliphatic carbocycles. The average Bonchev–Trinajstić information content (AvgIpc) is 2.61. The predicted octanol–water partition coefficient (Wildman–Crippen LogP) is 4.91. The van der Waals surface area contributed by atoms with E-state index in [1.807, 2.05) is 26.0 Å². The summed E-state index contributed by atoms with van der Waals surface area (Å²) in [6, 6.07) is 1.50. The zero-order valence-electron chi connectivity index (χ0n) is 16.9. The number of phenolic OH excluding ortho intramolecular Hbond substituents is 2. The van der Waals surface area contributed by atoms with E-state index < -0.39 is 0 Å². The Labute approximate surface area is 161 Å². The summed E-state index contributed by atoms with van der Waals surface area (Å²) in [5, 5.41) is 20.4. The molecule has 27 heavy (non-hydrogen) atoms. The van der Waals surface area contributed by atoms with E-state index in [0.29, 0.717) is 42.0 Å². The van der Waals surface area contributed by atoms with Gasteiger partial charge >= 0.3 is 0 Å². The van der Waals surface area contributed by atoms with E-state index in [2.05, 4.69) is 19.9 Å². The normalized spacial score (nSPS) is 26.6. The van der Waals surface area contributed by atoms with Crippen molar-refractivity contribution < 1.29 is 19.8 Å². The van der Waals surface area contributed by atoms with E-state index in [-0.39, 0.29) is 28.4 Å². The molecule has 1 aliphatic rings. The number of hydrogen-bond donors (Lipinski definition) is 2. The van der Waals surface area contributed by atoms with Crippen LogP contribution in [0.1, 0.15) is 62.0 Å². The van der Waals surface area contributed by atoms with Crippen molar-refractivity contribution in [2.45, 2.75) is 53.9 Å². The molecule has 0 radical (unpaired) electrons. The zero-order valence-corrected chi connectivity index (χ0v) is 16.9. The van der Waals surface area contributed by atoms with Crippen molar-refractivity contribution in [1.82, 2.24) is 0 Å². The first-order valence-corrected chi connectivity index (χ1v) is 9.50. The van der Waals surface area contributed by atoms with Crippen LogP contribution in [0.25, 0.3) is 0 Å². The molecule has 1 aromatic carbocycles. The van der Waals surface area contributed by atoms with Gasteiger partial charge in [0.25, 0.3) is 0 Å². The summed E-state index contributed by atoms with van der Waals surface area (Å²) in [5.41, 5.74) is 1.89. The van der Waals surface area contributed by atoms with E-state index in [0.717, 1.165) is 12.0 Å². The number of phenols is 2. The van der Waals surface area contributed by atoms with Crippen LogP contribution < -0.4 is 0 Å². The van der Waals surface area contributed by atoms with Crippen LogP contribution in [-0.2, 0) is 11.2 Å². The minimum absolute atomic E-state index is 0.00867. The van der Waals surface area contributed by atoms with E-state index >= 15 is 0 Å². The highest BCUT2D eigenvalue weighted by Gasteiger charge is 2.41. The number of benzene rings is 1. The Bertz CT molecular complexity index is 803. The number of hydrogen-bond acceptors (Lipinski definition) is 4. The lowest BCUT2D eigenvalue weighted by atomic mass is 9.61. The van der Waals surface area contributed by atoms with Gasteiger partial charge in [-0.1, -0.05) is 44.6 Å². The van der Waals surface area contributed by atoms with Gasteiger partial charge in [0.05, 0.1) is 5.56 Å². The minimum atomic E-state index is -0.177. The van der Waals surface area contributed by atoms with Crippen molar-refractivity contribution >= 4 is 12.1 Å². The van der Waals surface area contributed by atoms with Crippen LogP contribution in [0.4, 0.5) is 0 Å². The molecular weight excluding hydrogens is 340 g/mol. The predicted molar refractivity (Wildman–Crippen MR) is 107 cm³/mol. The Morgan fingerprint density at radius 2 is 2.00 bits per heavy atom. The van der Waals surface area contributed by atoms with Gasteiger partial charge in [0.2, 0.25) is 0 Å². The molecule has 2 N–H and O–H groups in total. The quantitative estimate of drug-likeness (QED) is 0.571. The smallest absolute Gasteiger partial charge is 0.154 e. The van der Waals surface area contributed by atoms with Crippen molar-refractivity contribution in [1.29, 1.82) is 0 Å². The summed E-state index contributed by atoms with van der Waals surface area (Å²) in [7, 11) is 0. The van der Waals surface area contributed by atoms with E-state index in [1.54, 1.807) is 6.92 Å². The Hall–Kier alpha value is -2.36. The summed E-state index contributed by atoms with van der Waals surface area (Å²) in [6.07, 6.45) is 8.52. The van der Waals surface area contributed by atoms with Crippen molar-refractivity contribution in [3.8, 4) is 11.5 Å². The van der Waals surface area contributed by atoms with Gasteiger partial charge in [-0.15, -0.1) is 0 Å². The monoisotopic (exact) mass is 370 g/mol. The molecular formula is C23H30O4. The first-order chi connectivity index (χ1) is 12.6. The highest BCUT2D eigenvalue weighted by molar-refractivity contribution is 5.83. The molecule has 0 heterocycles. The molecule has 0 bridgehead atoms. The summed E-state index contributed by atoms with van der Waals surface area (Å²) >= 11 is 0. The molecule has 2 rings (SSSR count). The number of aryl methyl sites for hydroxylation is 1. The number of allylic oxidation sites excluding steroid dienone is 4. The lowest BCUT2D eigenvalue weighted by Crippen LogP contribution is -2.40. The number of ketones is 1. The molecule has 0 unspecified atom stereocenters. The van der Waals surface area contributed by atoms with Gasteiger partial charge in [0.15, 0.2) is 6.29 Å². The van der Waals surface area contributed by atoms with Crippen LogP contribution in [0.15, 0.2) is 29.9 Å². The molecule has 1 saturated carbocycles. The fourth-order valence-electron chi connectivity index (χ4n) is 3.80. The maximum atomic E-state index is 12.1. The van der Waals surface area contributed by atoms with Crippen LogP contribution in [0, 0.1) is 24.2 Å². The molecule has 4 nitrogen and oxygen atoms in total. The second-order valence-electron chi connectivity index (χ2n) is 8.05. The maximum Gasteiger partial charge on any atom is 0.154 e. The number of aromatic hydroxyl groups is 2. The molecule has 0 spiro atoms. The number of Topliss-reactive ketones (excluding diaryl/α,β-unsaturated/α-hetero) is 1. The molecule has 3 atom stereocenters. The fraction of sp³-hybridized carbons (Fsp3) is 0.478. The van der Waals surface area contributed by atoms with Crippen molar-refractivity contribution in [3.63, 3.8) is 0 Å². The standard InChI is InChI=1S/C23H30O4/c1-14(10-11-23(5)16(3)7-9-20(25)17(23)4)6-8-18-21(26)12-15(2)19(13-24)22(18)27/h6,10-13,16-17,26-27H,7-9H2,1-5H3/t16-,17+,23+/m1/s1. The minimum Gasteiger partial charge on any atom is -0.508 e. The van der Waals surface area contributed by atoms with Gasteiger partial charge in [0, 0.05) is 17.9 Å². The lowest BCUT2D eigenvalue weighted by Gasteiger charge is -2.42. The van der Waals surface area contributed by atoms with Crippen molar-refractivity contribution in [2.75, 3.05) is 0 Å². The van der Waals surface area contributed by atoms with Gasteiger partial charge in [-0.3, -0.25) is 9.59 Å². The molecule has 0 aromatic heterocycles. The van der Waals surface area contributed by atoms with Crippen LogP contribution in [-0.4, -0.2) is 22.3 Å². The van der Waals surface area contributed by atoms with Gasteiger partial charge in [-0.25, -0.2) is 0 Å². The molecule has 146 valence electrons. The number of carbonyl (C=O) groups excluding carboxylic acids is 2. The molecule has 0 aliphatic heterocycles. The maximum absolute atomic E-state index is 12.1. The third kappa shape index (κ3) is 4.15. The summed E-state index contributed by atoms with van der Waals surface area (Å²) in [5.74, 6) is 0.552.